The zero-order valence-electron chi connectivity index (χ0n) is 13.4. The first kappa shape index (κ1) is 25.7. The van der Waals surface area contributed by atoms with E-state index in [2.05, 4.69) is 0 Å². The van der Waals surface area contributed by atoms with Crippen LogP contribution in [0.5, 0.6) is 0 Å². The average Bonchev–Trinajstić information content (AvgIpc) is 2.36. The molecular weight excluding hydrogens is 371 g/mol. The van der Waals surface area contributed by atoms with E-state index in [1.54, 1.807) is 19.1 Å². The maximum absolute atomic E-state index is 10.5. The number of carboxylic acids is 3. The normalized spacial score (nSPS) is 10.7. The Morgan fingerprint density at radius 3 is 1.68 bits per heavy atom. The van der Waals surface area contributed by atoms with E-state index in [-0.39, 0.29) is 34.5 Å². The van der Waals surface area contributed by atoms with Crippen molar-refractivity contribution in [1.82, 2.24) is 0 Å². The molecule has 1 rings (SSSR count). The molecule has 1 aromatic rings. The summed E-state index contributed by atoms with van der Waals surface area (Å²) in [6.07, 6.45) is -2.29. The second-order valence-electron chi connectivity index (χ2n) is 4.70. The molecule has 1 aromatic carbocycles. The van der Waals surface area contributed by atoms with Crippen molar-refractivity contribution < 1.29 is 77.3 Å². The monoisotopic (exact) mass is 386 g/mol. The van der Waals surface area contributed by atoms with Crippen LogP contribution >= 0.6 is 0 Å². The van der Waals surface area contributed by atoms with Crippen molar-refractivity contribution in [1.29, 1.82) is 0 Å². The Hall–Kier alpha value is -1.50. The van der Waals surface area contributed by atoms with E-state index in [1.807, 2.05) is 0 Å². The van der Waals surface area contributed by atoms with E-state index in [0.717, 1.165) is 0 Å². The molecule has 0 unspecified atom stereocenters. The molecule has 0 amide bonds. The molecule has 4 N–H and O–H groups in total. The minimum atomic E-state index is -4.28. The average molecular weight is 386 g/mol. The molecule has 0 atom stereocenters. The molecule has 0 spiro atoms. The van der Waals surface area contributed by atoms with E-state index in [9.17, 15) is 27.4 Å². The topological polar surface area (TPSA) is 189 Å². The van der Waals surface area contributed by atoms with Gasteiger partial charge in [0.15, 0.2) is 5.60 Å². The van der Waals surface area contributed by atoms with Gasteiger partial charge in [-0.15, -0.1) is 0 Å². The van der Waals surface area contributed by atoms with E-state index >= 15 is 0 Å². The number of aliphatic carboxylic acids is 3. The van der Waals surface area contributed by atoms with E-state index in [0.29, 0.717) is 5.56 Å². The molecule has 10 nitrogen and oxygen atoms in total. The Morgan fingerprint density at radius 1 is 1.04 bits per heavy atom. The van der Waals surface area contributed by atoms with Crippen LogP contribution < -0.4 is 29.6 Å². The summed E-state index contributed by atoms with van der Waals surface area (Å²) >= 11 is 0. The maximum atomic E-state index is 10.5. The number of aliphatic hydroxyl groups is 1. The first-order chi connectivity index (χ1) is 10.8. The molecule has 0 heterocycles. The van der Waals surface area contributed by atoms with Crippen molar-refractivity contribution in [2.45, 2.75) is 30.3 Å². The number of carbonyl (C=O) groups is 3. The predicted octanol–water partition coefficient (Wildman–Crippen LogP) is -3.35. The molecule has 25 heavy (non-hydrogen) atoms. The van der Waals surface area contributed by atoms with Crippen molar-refractivity contribution in [3.05, 3.63) is 29.8 Å². The van der Waals surface area contributed by atoms with Crippen molar-refractivity contribution >= 4 is 28.0 Å². The van der Waals surface area contributed by atoms with Gasteiger partial charge in [0, 0.05) is 0 Å². The maximum Gasteiger partial charge on any atom is 1.00 e. The number of hydrogen-bond acceptors (Lipinski definition) is 7. The summed E-state index contributed by atoms with van der Waals surface area (Å²) in [6.45, 7) is 1.59. The summed E-state index contributed by atoms with van der Waals surface area (Å²) in [4.78, 5) is 30.3. The molecule has 0 bridgehead atoms. The van der Waals surface area contributed by atoms with Gasteiger partial charge in [0.05, 0.1) is 17.7 Å². The van der Waals surface area contributed by atoms with Crippen molar-refractivity contribution in [3.8, 4) is 0 Å². The number of aryl methyl sites for hydroxylation is 1. The fraction of sp³-hybridized carbons (Fsp3) is 0.308. The van der Waals surface area contributed by atoms with Crippen molar-refractivity contribution in [2.75, 3.05) is 0 Å². The minimum Gasteiger partial charge on any atom is -0.744 e. The second-order valence-corrected chi connectivity index (χ2v) is 6.05. The summed E-state index contributed by atoms with van der Waals surface area (Å²) in [6, 6.07) is 6.10. The quantitative estimate of drug-likeness (QED) is 0.284. The van der Waals surface area contributed by atoms with Crippen LogP contribution in [0.15, 0.2) is 29.2 Å². The zero-order chi connectivity index (χ0) is 19.1. The third-order valence-electron chi connectivity index (χ3n) is 2.65. The van der Waals surface area contributed by atoms with Crippen LogP contribution in [0.1, 0.15) is 18.4 Å². The largest absolute Gasteiger partial charge is 1.00 e. The Bertz CT molecular complexity index is 712. The van der Waals surface area contributed by atoms with Gasteiger partial charge in [-0.25, -0.2) is 13.2 Å². The summed E-state index contributed by atoms with van der Waals surface area (Å²) in [7, 11) is -4.28. The predicted molar refractivity (Wildman–Crippen MR) is 76.2 cm³/mol. The van der Waals surface area contributed by atoms with Crippen LogP contribution in [0, 0.1) is 6.92 Å². The van der Waals surface area contributed by atoms with Crippen molar-refractivity contribution in [2.24, 2.45) is 0 Å². The summed E-state index contributed by atoms with van der Waals surface area (Å²) in [5.74, 6) is -5.02. The first-order valence-electron chi connectivity index (χ1n) is 6.20. The Morgan fingerprint density at radius 2 is 1.44 bits per heavy atom. The van der Waals surface area contributed by atoms with Gasteiger partial charge in [0.25, 0.3) is 0 Å². The van der Waals surface area contributed by atoms with Gasteiger partial charge >= 0.3 is 47.5 Å². The fourth-order valence-electron chi connectivity index (χ4n) is 1.55. The molecule has 0 saturated heterocycles. The summed E-state index contributed by atoms with van der Waals surface area (Å²) in [5.41, 5.74) is -2.25. The Labute approximate surface area is 165 Å². The van der Waals surface area contributed by atoms with Gasteiger partial charge in [-0.05, 0) is 18.6 Å². The Kier molecular flexibility index (Phi) is 10.8. The number of rotatable bonds is 6. The van der Waals surface area contributed by atoms with Crippen LogP contribution in [0.4, 0.5) is 0 Å². The standard InChI is InChI=1S/C7H8O3S.C6H8O7.Na/c1-6-4-2-3-5-7(6)11(8,9)10;7-3(8)1-6(13,5(11)12)2-4(9)10;/h2-5H,1H3,(H,8,9,10);13H,1-2H2,(H,7,8)(H,9,10)(H,11,12);/q;;+1/p-1. The SMILES string of the molecule is Cc1ccccc1S(=O)(=O)[O-].O=C(O)CC(O)(CC(=O)O)C(=O)O.[Na+]. The van der Waals surface area contributed by atoms with E-state index < -0.39 is 46.5 Å². The van der Waals surface area contributed by atoms with Crippen LogP contribution in [0.2, 0.25) is 0 Å². The van der Waals surface area contributed by atoms with Crippen LogP contribution in [-0.2, 0) is 24.5 Å². The van der Waals surface area contributed by atoms with E-state index in [4.69, 9.17) is 20.4 Å². The van der Waals surface area contributed by atoms with Gasteiger partial charge in [-0.3, -0.25) is 9.59 Å². The number of benzene rings is 1. The summed E-state index contributed by atoms with van der Waals surface area (Å²) in [5, 5.41) is 33.8. The zero-order valence-corrected chi connectivity index (χ0v) is 16.2. The molecule has 0 saturated carbocycles. The van der Waals surface area contributed by atoms with E-state index in [1.165, 1.54) is 12.1 Å². The Balaban J connectivity index is 0. The van der Waals surface area contributed by atoms with Crippen molar-refractivity contribution in [3.63, 3.8) is 0 Å². The fourth-order valence-corrected chi connectivity index (χ4v) is 2.26. The molecule has 12 heteroatoms. The number of carboxylic acid groups (broad SMARTS) is 3. The van der Waals surface area contributed by atoms with Gasteiger partial charge in [-0.1, -0.05) is 18.2 Å². The number of hydrogen-bond donors (Lipinski definition) is 4. The van der Waals surface area contributed by atoms with Gasteiger partial charge in [0.2, 0.25) is 0 Å². The molecule has 0 aromatic heterocycles. The van der Waals surface area contributed by atoms with Crippen LogP contribution in [-0.4, -0.2) is 56.9 Å². The molecule has 0 radical (unpaired) electrons. The van der Waals surface area contributed by atoms with Crippen LogP contribution in [0.3, 0.4) is 0 Å². The smallest absolute Gasteiger partial charge is 0.744 e. The van der Waals surface area contributed by atoms with Gasteiger partial charge < -0.3 is 25.0 Å². The van der Waals surface area contributed by atoms with Crippen LogP contribution in [0.25, 0.3) is 0 Å². The molecule has 0 fully saturated rings. The molecular formula is C13H15NaO10S. The first-order valence-corrected chi connectivity index (χ1v) is 7.61. The molecule has 134 valence electrons. The van der Waals surface area contributed by atoms with Gasteiger partial charge in [0.1, 0.15) is 10.1 Å². The summed E-state index contributed by atoms with van der Waals surface area (Å²) < 4.78 is 31.5. The third kappa shape index (κ3) is 9.53. The third-order valence-corrected chi connectivity index (χ3v) is 3.65. The second kappa shape index (κ2) is 10.5. The molecule has 0 aliphatic heterocycles. The molecule has 0 aliphatic carbocycles. The minimum absolute atomic E-state index is 0. The van der Waals surface area contributed by atoms with Gasteiger partial charge in [-0.2, -0.15) is 0 Å². The molecule has 0 aliphatic rings.